The third-order valence-electron chi connectivity index (χ3n) is 4.04. The maximum Gasteiger partial charge on any atom is 0.264 e. The van der Waals surface area contributed by atoms with Crippen molar-refractivity contribution in [3.8, 4) is 5.75 Å². The number of hydrogen-bond donors (Lipinski definition) is 1. The summed E-state index contributed by atoms with van der Waals surface area (Å²) in [7, 11) is 0. The van der Waals surface area contributed by atoms with Crippen molar-refractivity contribution in [2.45, 2.75) is 19.9 Å². The van der Waals surface area contributed by atoms with E-state index in [0.29, 0.717) is 31.5 Å². The van der Waals surface area contributed by atoms with Crippen LogP contribution in [0.4, 0.5) is 10.3 Å². The minimum atomic E-state index is -0.542. The molecule has 0 fully saturated rings. The van der Waals surface area contributed by atoms with E-state index in [1.807, 2.05) is 35.8 Å². The van der Waals surface area contributed by atoms with Crippen molar-refractivity contribution in [2.75, 3.05) is 25.1 Å². The maximum atomic E-state index is 13.2. The number of rotatable bonds is 9. The molecule has 8 heteroatoms. The van der Waals surface area contributed by atoms with Gasteiger partial charge in [-0.05, 0) is 37.6 Å². The van der Waals surface area contributed by atoms with Crippen molar-refractivity contribution in [1.29, 1.82) is 0 Å². The highest BCUT2D eigenvalue weighted by Crippen LogP contribution is 2.22. The maximum absolute atomic E-state index is 13.2. The third kappa shape index (κ3) is 4.99. The summed E-state index contributed by atoms with van der Waals surface area (Å²) in [6.07, 6.45) is 0.793. The molecule has 1 N–H and O–H groups in total. The predicted octanol–water partition coefficient (Wildman–Crippen LogP) is 4.27. The average Bonchev–Trinajstić information content (AvgIpc) is 3.03. The topological polar surface area (TPSA) is 65.4 Å². The van der Waals surface area contributed by atoms with Gasteiger partial charge in [-0.1, -0.05) is 23.7 Å². The van der Waals surface area contributed by atoms with Crippen LogP contribution in [-0.2, 0) is 16.1 Å². The summed E-state index contributed by atoms with van der Waals surface area (Å²) in [5, 5.41) is 2.72. The van der Waals surface area contributed by atoms with E-state index in [1.165, 1.54) is 18.2 Å². The Labute approximate surface area is 167 Å². The lowest BCUT2D eigenvalue weighted by Gasteiger charge is -2.11. The smallest absolute Gasteiger partial charge is 0.264 e. The standard InChI is InChI=1S/C20H21ClFN3O3/c1-2-27-11-5-10-25-18-7-4-3-6-17(18)23-20(25)24-19(26)13-28-14-8-9-16(22)15(21)12-14/h3-4,6-9,12H,2,5,10-11,13H2,1H3,(H,23,24,26). The zero-order valence-corrected chi connectivity index (χ0v) is 16.2. The van der Waals surface area contributed by atoms with Crippen LogP contribution in [-0.4, -0.2) is 35.3 Å². The number of hydrogen-bond acceptors (Lipinski definition) is 4. The van der Waals surface area contributed by atoms with E-state index in [0.717, 1.165) is 17.5 Å². The van der Waals surface area contributed by atoms with Crippen LogP contribution in [0, 0.1) is 5.82 Å². The number of benzene rings is 2. The summed E-state index contributed by atoms with van der Waals surface area (Å²) in [5.41, 5.74) is 1.72. The van der Waals surface area contributed by atoms with Crippen LogP contribution in [0.25, 0.3) is 11.0 Å². The molecule has 0 radical (unpaired) electrons. The molecule has 1 amide bonds. The molecule has 0 saturated heterocycles. The van der Waals surface area contributed by atoms with Gasteiger partial charge in [0.15, 0.2) is 6.61 Å². The number of nitrogens with one attached hydrogen (secondary N) is 1. The number of nitrogens with zero attached hydrogens (tertiary/aromatic N) is 2. The lowest BCUT2D eigenvalue weighted by Crippen LogP contribution is -2.22. The van der Waals surface area contributed by atoms with E-state index in [2.05, 4.69) is 10.3 Å². The molecule has 0 saturated carbocycles. The molecule has 1 heterocycles. The molecule has 2 aromatic carbocycles. The normalized spacial score (nSPS) is 11.0. The van der Waals surface area contributed by atoms with Gasteiger partial charge in [0.2, 0.25) is 5.95 Å². The van der Waals surface area contributed by atoms with Crippen LogP contribution in [0.15, 0.2) is 42.5 Å². The van der Waals surface area contributed by atoms with Gasteiger partial charge < -0.3 is 14.0 Å². The zero-order valence-electron chi connectivity index (χ0n) is 15.5. The first-order valence-electron chi connectivity index (χ1n) is 8.99. The second-order valence-corrected chi connectivity index (χ2v) is 6.45. The Balaban J connectivity index is 1.67. The molecule has 1 aromatic heterocycles. The number of anilines is 1. The minimum Gasteiger partial charge on any atom is -0.484 e. The SMILES string of the molecule is CCOCCCn1c(NC(=O)COc2ccc(F)c(Cl)c2)nc2ccccc21. The van der Waals surface area contributed by atoms with Gasteiger partial charge in [0.1, 0.15) is 11.6 Å². The molecule has 28 heavy (non-hydrogen) atoms. The van der Waals surface area contributed by atoms with E-state index in [1.54, 1.807) is 0 Å². The highest BCUT2D eigenvalue weighted by molar-refractivity contribution is 6.30. The van der Waals surface area contributed by atoms with Crippen molar-refractivity contribution < 1.29 is 18.7 Å². The number of aromatic nitrogens is 2. The molecular weight excluding hydrogens is 385 g/mol. The molecular formula is C20H21ClFN3O3. The van der Waals surface area contributed by atoms with Crippen molar-refractivity contribution in [3.05, 3.63) is 53.3 Å². The Morgan fingerprint density at radius 2 is 2.11 bits per heavy atom. The van der Waals surface area contributed by atoms with E-state index >= 15 is 0 Å². The first-order chi connectivity index (χ1) is 13.6. The minimum absolute atomic E-state index is 0.0611. The summed E-state index contributed by atoms with van der Waals surface area (Å²) in [6.45, 7) is 3.66. The zero-order chi connectivity index (χ0) is 19.9. The third-order valence-corrected chi connectivity index (χ3v) is 4.33. The largest absolute Gasteiger partial charge is 0.484 e. The van der Waals surface area contributed by atoms with Crippen LogP contribution >= 0.6 is 11.6 Å². The lowest BCUT2D eigenvalue weighted by molar-refractivity contribution is -0.118. The van der Waals surface area contributed by atoms with Gasteiger partial charge in [0.25, 0.3) is 5.91 Å². The summed E-state index contributed by atoms with van der Waals surface area (Å²) >= 11 is 5.72. The average molecular weight is 406 g/mol. The Hall–Kier alpha value is -2.64. The Kier molecular flexibility index (Phi) is 6.84. The van der Waals surface area contributed by atoms with E-state index in [9.17, 15) is 9.18 Å². The van der Waals surface area contributed by atoms with E-state index < -0.39 is 5.82 Å². The fourth-order valence-corrected chi connectivity index (χ4v) is 2.91. The van der Waals surface area contributed by atoms with Gasteiger partial charge in [-0.15, -0.1) is 0 Å². The number of fused-ring (bicyclic) bond motifs is 1. The van der Waals surface area contributed by atoms with Crippen molar-refractivity contribution in [1.82, 2.24) is 9.55 Å². The van der Waals surface area contributed by atoms with Crippen LogP contribution in [0.1, 0.15) is 13.3 Å². The highest BCUT2D eigenvalue weighted by atomic mass is 35.5. The summed E-state index contributed by atoms with van der Waals surface area (Å²) in [6, 6.07) is 11.6. The Bertz CT molecular complexity index is 961. The van der Waals surface area contributed by atoms with Gasteiger partial charge >= 0.3 is 0 Å². The number of carbonyl (C=O) groups is 1. The molecule has 6 nitrogen and oxygen atoms in total. The molecule has 3 rings (SSSR count). The van der Waals surface area contributed by atoms with Crippen LogP contribution in [0.2, 0.25) is 5.02 Å². The molecule has 0 atom stereocenters. The number of para-hydroxylation sites is 2. The van der Waals surface area contributed by atoms with Crippen molar-refractivity contribution in [3.63, 3.8) is 0 Å². The van der Waals surface area contributed by atoms with Crippen LogP contribution in [0.3, 0.4) is 0 Å². The van der Waals surface area contributed by atoms with Gasteiger partial charge in [-0.25, -0.2) is 9.37 Å². The number of halogens is 2. The van der Waals surface area contributed by atoms with Gasteiger partial charge in [0.05, 0.1) is 16.1 Å². The van der Waals surface area contributed by atoms with Crippen molar-refractivity contribution in [2.24, 2.45) is 0 Å². The van der Waals surface area contributed by atoms with Crippen LogP contribution < -0.4 is 10.1 Å². The first kappa shape index (κ1) is 20.1. The molecule has 0 bridgehead atoms. The highest BCUT2D eigenvalue weighted by Gasteiger charge is 2.14. The monoisotopic (exact) mass is 405 g/mol. The fourth-order valence-electron chi connectivity index (χ4n) is 2.74. The lowest BCUT2D eigenvalue weighted by atomic mass is 10.3. The van der Waals surface area contributed by atoms with E-state index in [4.69, 9.17) is 21.1 Å². The van der Waals surface area contributed by atoms with Gasteiger partial charge in [0, 0.05) is 25.8 Å². The molecule has 0 aliphatic carbocycles. The molecule has 3 aromatic rings. The van der Waals surface area contributed by atoms with Crippen LogP contribution in [0.5, 0.6) is 5.75 Å². The quantitative estimate of drug-likeness (QED) is 0.540. The Morgan fingerprint density at radius 1 is 1.29 bits per heavy atom. The number of imidazole rings is 1. The second-order valence-electron chi connectivity index (χ2n) is 6.04. The molecule has 0 aliphatic heterocycles. The predicted molar refractivity (Wildman–Crippen MR) is 106 cm³/mol. The number of carbonyl (C=O) groups excluding carboxylic acids is 1. The first-order valence-corrected chi connectivity index (χ1v) is 9.37. The molecule has 148 valence electrons. The van der Waals surface area contributed by atoms with Gasteiger partial charge in [-0.2, -0.15) is 0 Å². The summed E-state index contributed by atoms with van der Waals surface area (Å²) in [5.74, 6) is -0.156. The molecule has 0 aliphatic rings. The van der Waals surface area contributed by atoms with Crippen molar-refractivity contribution >= 4 is 34.5 Å². The number of aryl methyl sites for hydroxylation is 1. The molecule has 0 unspecified atom stereocenters. The summed E-state index contributed by atoms with van der Waals surface area (Å²) in [4.78, 5) is 16.8. The fraction of sp³-hybridized carbons (Fsp3) is 0.300. The second kappa shape index (κ2) is 9.52. The van der Waals surface area contributed by atoms with Gasteiger partial charge in [-0.3, -0.25) is 10.1 Å². The van der Waals surface area contributed by atoms with E-state index in [-0.39, 0.29) is 17.5 Å². The molecule has 0 spiro atoms. The number of amides is 1. The Morgan fingerprint density at radius 3 is 2.89 bits per heavy atom. The number of ether oxygens (including phenoxy) is 2. The summed E-state index contributed by atoms with van der Waals surface area (Å²) < 4.78 is 25.9.